The van der Waals surface area contributed by atoms with Crippen molar-refractivity contribution in [2.75, 3.05) is 0 Å². The summed E-state index contributed by atoms with van der Waals surface area (Å²) >= 11 is 1.93. The van der Waals surface area contributed by atoms with E-state index in [1.54, 1.807) is 0 Å². The Morgan fingerprint density at radius 3 is 1.62 bits per heavy atom. The first-order chi connectivity index (χ1) is 25.6. The first-order valence-corrected chi connectivity index (χ1v) is 19.0. The van der Waals surface area contributed by atoms with Gasteiger partial charge in [-0.05, 0) is 94.7 Å². The van der Waals surface area contributed by atoms with E-state index >= 15 is 0 Å². The molecule has 244 valence electrons. The molecule has 1 heterocycles. The van der Waals surface area contributed by atoms with Gasteiger partial charge in [-0.15, -0.1) is 11.3 Å². The Hall–Kier alpha value is -6.02. The third kappa shape index (κ3) is 4.15. The summed E-state index contributed by atoms with van der Waals surface area (Å²) in [5, 5.41) is 10.6. The molecule has 0 fully saturated rings. The molecule has 1 heteroatoms. The summed E-state index contributed by atoms with van der Waals surface area (Å²) in [6, 6.07) is 63.3. The highest BCUT2D eigenvalue weighted by Crippen LogP contribution is 2.55. The minimum atomic E-state index is -0.139. The first kappa shape index (κ1) is 29.7. The van der Waals surface area contributed by atoms with E-state index in [-0.39, 0.29) is 5.41 Å². The van der Waals surface area contributed by atoms with Crippen LogP contribution in [0.15, 0.2) is 170 Å². The van der Waals surface area contributed by atoms with E-state index in [9.17, 15) is 0 Å². The number of benzene rings is 9. The van der Waals surface area contributed by atoms with Crippen LogP contribution in [0, 0.1) is 0 Å². The third-order valence-electron chi connectivity index (χ3n) is 11.7. The van der Waals surface area contributed by atoms with Crippen molar-refractivity contribution in [1.29, 1.82) is 0 Å². The maximum atomic E-state index is 2.51. The lowest BCUT2D eigenvalue weighted by atomic mass is 9.80. The number of thiophene rings is 1. The fourth-order valence-electron chi connectivity index (χ4n) is 9.18. The summed E-state index contributed by atoms with van der Waals surface area (Å²) in [6.07, 6.45) is 0. The van der Waals surface area contributed by atoms with Crippen LogP contribution in [0.4, 0.5) is 0 Å². The van der Waals surface area contributed by atoms with Crippen LogP contribution in [0.25, 0.3) is 97.0 Å². The molecule has 9 aromatic carbocycles. The molecule has 0 unspecified atom stereocenters. The van der Waals surface area contributed by atoms with E-state index in [0.29, 0.717) is 0 Å². The van der Waals surface area contributed by atoms with Gasteiger partial charge in [0, 0.05) is 31.0 Å². The highest BCUT2D eigenvalue weighted by Gasteiger charge is 2.37. The summed E-state index contributed by atoms with van der Waals surface area (Å²) in [4.78, 5) is 0. The Morgan fingerprint density at radius 2 is 0.923 bits per heavy atom. The van der Waals surface area contributed by atoms with Gasteiger partial charge in [-0.25, -0.2) is 0 Å². The van der Waals surface area contributed by atoms with Crippen molar-refractivity contribution < 1.29 is 0 Å². The molecule has 0 bridgehead atoms. The third-order valence-corrected chi connectivity index (χ3v) is 12.9. The lowest BCUT2D eigenvalue weighted by Crippen LogP contribution is -2.15. The lowest BCUT2D eigenvalue weighted by molar-refractivity contribution is 0.661. The molecule has 10 aromatic rings. The minimum absolute atomic E-state index is 0.139. The van der Waals surface area contributed by atoms with Gasteiger partial charge < -0.3 is 0 Å². The van der Waals surface area contributed by atoms with E-state index < -0.39 is 0 Å². The van der Waals surface area contributed by atoms with Gasteiger partial charge >= 0.3 is 0 Å². The Kier molecular flexibility index (Phi) is 6.27. The normalized spacial score (nSPS) is 13.3. The molecule has 0 aliphatic heterocycles. The fourth-order valence-corrected chi connectivity index (χ4v) is 10.4. The Labute approximate surface area is 307 Å². The molecule has 0 saturated heterocycles. The molecule has 0 saturated carbocycles. The zero-order valence-electron chi connectivity index (χ0n) is 29.1. The molecule has 0 atom stereocenters. The van der Waals surface area contributed by atoms with E-state index in [4.69, 9.17) is 0 Å². The van der Waals surface area contributed by atoms with Gasteiger partial charge in [-0.2, -0.15) is 0 Å². The number of rotatable bonds is 3. The second-order valence-corrected chi connectivity index (χ2v) is 15.8. The topological polar surface area (TPSA) is 0 Å². The van der Waals surface area contributed by atoms with Crippen LogP contribution < -0.4 is 0 Å². The van der Waals surface area contributed by atoms with Gasteiger partial charge in [0.05, 0.1) is 0 Å². The highest BCUT2D eigenvalue weighted by atomic mass is 32.1. The number of fused-ring (bicyclic) bond motifs is 11. The second kappa shape index (κ2) is 11.0. The second-order valence-electron chi connectivity index (χ2n) is 14.8. The SMILES string of the molecule is CC1(C)c2cc(-c3c4ccccc4c(-c4ccc(-c5ccccc5)cc4)c4ccccc34)ccc2-c2c1ccc1ccc3c4ccccc4sc3c21. The summed E-state index contributed by atoms with van der Waals surface area (Å²) in [7, 11) is 0. The minimum Gasteiger partial charge on any atom is -0.135 e. The Morgan fingerprint density at radius 1 is 0.385 bits per heavy atom. The van der Waals surface area contributed by atoms with Crippen molar-refractivity contribution in [2.45, 2.75) is 19.3 Å². The molecule has 0 nitrogen and oxygen atoms in total. The predicted molar refractivity (Wildman–Crippen MR) is 226 cm³/mol. The van der Waals surface area contributed by atoms with Gasteiger partial charge in [0.1, 0.15) is 0 Å². The van der Waals surface area contributed by atoms with Crippen molar-refractivity contribution in [3.8, 4) is 44.5 Å². The van der Waals surface area contributed by atoms with Crippen LogP contribution in [0.1, 0.15) is 25.0 Å². The highest BCUT2D eigenvalue weighted by molar-refractivity contribution is 7.26. The van der Waals surface area contributed by atoms with Crippen LogP contribution in [0.5, 0.6) is 0 Å². The van der Waals surface area contributed by atoms with E-state index in [0.717, 1.165) is 0 Å². The molecule has 1 aromatic heterocycles. The molecular formula is C51H34S. The monoisotopic (exact) mass is 678 g/mol. The van der Waals surface area contributed by atoms with Crippen molar-refractivity contribution in [2.24, 2.45) is 0 Å². The maximum Gasteiger partial charge on any atom is 0.0440 e. The van der Waals surface area contributed by atoms with Crippen LogP contribution in [-0.2, 0) is 5.41 Å². The molecule has 0 N–H and O–H groups in total. The molecular weight excluding hydrogens is 645 g/mol. The van der Waals surface area contributed by atoms with E-state index in [2.05, 4.69) is 184 Å². The predicted octanol–water partition coefficient (Wildman–Crippen LogP) is 14.8. The van der Waals surface area contributed by atoms with E-state index in [1.165, 1.54) is 108 Å². The molecule has 52 heavy (non-hydrogen) atoms. The van der Waals surface area contributed by atoms with Gasteiger partial charge in [0.15, 0.2) is 0 Å². The zero-order valence-corrected chi connectivity index (χ0v) is 29.9. The van der Waals surface area contributed by atoms with Gasteiger partial charge in [0.2, 0.25) is 0 Å². The molecule has 0 spiro atoms. The Bertz CT molecular complexity index is 3010. The quantitative estimate of drug-likeness (QED) is 0.163. The standard InChI is InChI=1S/C51H34S/c1-51(2)43-29-26-34-24-27-41-36-14-10-11-19-45(36)52-50(41)48(34)49(43)42-28-25-35(30-44(42)51)47-39-17-8-6-15-37(39)46(38-16-7-9-18-40(38)47)33-22-20-32(21-23-33)31-12-4-3-5-13-31/h3-30H,1-2H3. The molecule has 11 rings (SSSR count). The first-order valence-electron chi connectivity index (χ1n) is 18.2. The van der Waals surface area contributed by atoms with Crippen molar-refractivity contribution >= 4 is 63.8 Å². The van der Waals surface area contributed by atoms with Gasteiger partial charge in [0.25, 0.3) is 0 Å². The molecule has 0 radical (unpaired) electrons. The average molecular weight is 679 g/mol. The molecule has 1 aliphatic rings. The average Bonchev–Trinajstić information content (AvgIpc) is 3.69. The zero-order chi connectivity index (χ0) is 34.6. The largest absolute Gasteiger partial charge is 0.135 e. The van der Waals surface area contributed by atoms with E-state index in [1.807, 2.05) is 11.3 Å². The van der Waals surface area contributed by atoms with Crippen LogP contribution in [-0.4, -0.2) is 0 Å². The fraction of sp³-hybridized carbons (Fsp3) is 0.0588. The smallest absolute Gasteiger partial charge is 0.0440 e. The number of hydrogen-bond acceptors (Lipinski definition) is 1. The maximum absolute atomic E-state index is 2.51. The van der Waals surface area contributed by atoms with Gasteiger partial charge in [-0.1, -0.05) is 172 Å². The van der Waals surface area contributed by atoms with Crippen molar-refractivity contribution in [3.63, 3.8) is 0 Å². The molecule has 0 amide bonds. The summed E-state index contributed by atoms with van der Waals surface area (Å²) in [6.45, 7) is 4.83. The van der Waals surface area contributed by atoms with Crippen molar-refractivity contribution in [1.82, 2.24) is 0 Å². The lowest BCUT2D eigenvalue weighted by Gasteiger charge is -2.23. The van der Waals surface area contributed by atoms with Crippen LogP contribution in [0.2, 0.25) is 0 Å². The summed E-state index contributed by atoms with van der Waals surface area (Å²) in [5.41, 5.74) is 13.0. The Balaban J connectivity index is 1.14. The van der Waals surface area contributed by atoms with Gasteiger partial charge in [-0.3, -0.25) is 0 Å². The van der Waals surface area contributed by atoms with Crippen LogP contribution in [0.3, 0.4) is 0 Å². The van der Waals surface area contributed by atoms with Crippen molar-refractivity contribution in [3.05, 3.63) is 181 Å². The van der Waals surface area contributed by atoms with Crippen LogP contribution >= 0.6 is 11.3 Å². The molecule has 1 aliphatic carbocycles. The summed E-state index contributed by atoms with van der Waals surface area (Å²) in [5.74, 6) is 0. The number of hydrogen-bond donors (Lipinski definition) is 0. The summed E-state index contributed by atoms with van der Waals surface area (Å²) < 4.78 is 2.75.